The number of aliphatic hydroxyl groups excluding tert-OH is 1. The van der Waals surface area contributed by atoms with E-state index in [-0.39, 0.29) is 24.6 Å². The predicted octanol–water partition coefficient (Wildman–Crippen LogP) is 0.222. The molecule has 1 heterocycles. The monoisotopic (exact) mass is 264 g/mol. The molecule has 0 radical (unpaired) electrons. The van der Waals surface area contributed by atoms with E-state index >= 15 is 0 Å². The van der Waals surface area contributed by atoms with E-state index in [0.29, 0.717) is 5.56 Å². The summed E-state index contributed by atoms with van der Waals surface area (Å²) < 4.78 is 18.4. The SMILES string of the molecule is O=C(OCCO)c1ccc(-c2nncnn2)cc1F. The highest BCUT2D eigenvalue weighted by atomic mass is 19.1. The molecule has 0 atom stereocenters. The van der Waals surface area contributed by atoms with Crippen LogP contribution in [0.5, 0.6) is 0 Å². The topological polar surface area (TPSA) is 98.1 Å². The van der Waals surface area contributed by atoms with Crippen LogP contribution in [0.1, 0.15) is 10.4 Å². The van der Waals surface area contributed by atoms with Crippen molar-refractivity contribution in [3.05, 3.63) is 35.9 Å². The zero-order chi connectivity index (χ0) is 13.7. The molecule has 0 unspecified atom stereocenters. The molecule has 1 aromatic heterocycles. The lowest BCUT2D eigenvalue weighted by Gasteiger charge is -2.05. The largest absolute Gasteiger partial charge is 0.460 e. The second kappa shape index (κ2) is 5.91. The summed E-state index contributed by atoms with van der Waals surface area (Å²) in [7, 11) is 0. The van der Waals surface area contributed by atoms with Crippen LogP contribution in [-0.4, -0.2) is 44.7 Å². The van der Waals surface area contributed by atoms with Crippen LogP contribution in [0.4, 0.5) is 4.39 Å². The molecule has 0 fully saturated rings. The van der Waals surface area contributed by atoms with Crippen LogP contribution < -0.4 is 0 Å². The Bertz CT molecular complexity index is 579. The van der Waals surface area contributed by atoms with Gasteiger partial charge in [0.25, 0.3) is 0 Å². The maximum absolute atomic E-state index is 13.8. The summed E-state index contributed by atoms with van der Waals surface area (Å²) in [4.78, 5) is 11.4. The lowest BCUT2D eigenvalue weighted by atomic mass is 10.1. The molecule has 7 nitrogen and oxygen atoms in total. The third kappa shape index (κ3) is 3.05. The van der Waals surface area contributed by atoms with Gasteiger partial charge in [0.05, 0.1) is 12.2 Å². The summed E-state index contributed by atoms with van der Waals surface area (Å²) in [6, 6.07) is 3.80. The van der Waals surface area contributed by atoms with Crippen molar-refractivity contribution in [2.24, 2.45) is 0 Å². The van der Waals surface area contributed by atoms with Gasteiger partial charge in [0.15, 0.2) is 6.33 Å². The van der Waals surface area contributed by atoms with Crippen LogP contribution in [0.15, 0.2) is 24.5 Å². The number of carbonyl (C=O) groups excluding carboxylic acids is 1. The van der Waals surface area contributed by atoms with Crippen molar-refractivity contribution in [3.63, 3.8) is 0 Å². The zero-order valence-corrected chi connectivity index (χ0v) is 9.65. The molecule has 0 bridgehead atoms. The zero-order valence-electron chi connectivity index (χ0n) is 9.65. The highest BCUT2D eigenvalue weighted by Crippen LogP contribution is 2.18. The Balaban J connectivity index is 2.25. The third-order valence-electron chi connectivity index (χ3n) is 2.18. The van der Waals surface area contributed by atoms with E-state index < -0.39 is 11.8 Å². The minimum atomic E-state index is -0.844. The van der Waals surface area contributed by atoms with Crippen LogP contribution in [0.3, 0.4) is 0 Å². The van der Waals surface area contributed by atoms with E-state index in [9.17, 15) is 9.18 Å². The Morgan fingerprint density at radius 1 is 1.32 bits per heavy atom. The Morgan fingerprint density at radius 2 is 2.05 bits per heavy atom. The molecule has 0 amide bonds. The number of hydrogen-bond donors (Lipinski definition) is 1. The maximum atomic E-state index is 13.8. The molecule has 0 saturated heterocycles. The molecule has 2 aromatic rings. The molecule has 98 valence electrons. The van der Waals surface area contributed by atoms with Crippen LogP contribution >= 0.6 is 0 Å². The number of nitrogens with zero attached hydrogens (tertiary/aromatic N) is 4. The highest BCUT2D eigenvalue weighted by molar-refractivity contribution is 5.90. The number of carbonyl (C=O) groups is 1. The quantitative estimate of drug-likeness (QED) is 0.789. The van der Waals surface area contributed by atoms with E-state index in [1.54, 1.807) is 0 Å². The van der Waals surface area contributed by atoms with Gasteiger partial charge in [-0.15, -0.1) is 20.4 Å². The second-order valence-electron chi connectivity index (χ2n) is 3.42. The molecule has 0 aliphatic carbocycles. The lowest BCUT2D eigenvalue weighted by Crippen LogP contribution is -2.10. The number of rotatable bonds is 4. The molecule has 0 aliphatic heterocycles. The molecule has 19 heavy (non-hydrogen) atoms. The summed E-state index contributed by atoms with van der Waals surface area (Å²) in [6.07, 6.45) is 1.15. The van der Waals surface area contributed by atoms with Crippen molar-refractivity contribution in [2.45, 2.75) is 0 Å². The molecule has 8 heteroatoms. The van der Waals surface area contributed by atoms with E-state index in [0.717, 1.165) is 12.4 Å². The first-order valence-electron chi connectivity index (χ1n) is 5.30. The number of esters is 1. The molecule has 2 rings (SSSR count). The molecule has 0 spiro atoms. The van der Waals surface area contributed by atoms with E-state index in [1.165, 1.54) is 12.1 Å². The smallest absolute Gasteiger partial charge is 0.341 e. The fraction of sp³-hybridized carbons (Fsp3) is 0.182. The maximum Gasteiger partial charge on any atom is 0.341 e. The van der Waals surface area contributed by atoms with E-state index in [4.69, 9.17) is 5.11 Å². The number of aliphatic hydroxyl groups is 1. The molecular formula is C11H9FN4O3. The van der Waals surface area contributed by atoms with Crippen LogP contribution in [0, 0.1) is 5.82 Å². The van der Waals surface area contributed by atoms with Gasteiger partial charge >= 0.3 is 5.97 Å². The Morgan fingerprint density at radius 3 is 2.68 bits per heavy atom. The number of hydrogen-bond acceptors (Lipinski definition) is 7. The van der Waals surface area contributed by atoms with Gasteiger partial charge in [-0.3, -0.25) is 0 Å². The molecule has 0 aliphatic rings. The van der Waals surface area contributed by atoms with Crippen molar-refractivity contribution >= 4 is 5.97 Å². The first-order valence-corrected chi connectivity index (χ1v) is 5.30. The third-order valence-corrected chi connectivity index (χ3v) is 2.18. The van der Waals surface area contributed by atoms with Gasteiger partial charge in [0, 0.05) is 5.56 Å². The first kappa shape index (κ1) is 13.0. The summed E-state index contributed by atoms with van der Waals surface area (Å²) in [5, 5.41) is 22.9. The van der Waals surface area contributed by atoms with Gasteiger partial charge < -0.3 is 9.84 Å². The van der Waals surface area contributed by atoms with Gasteiger partial charge in [-0.05, 0) is 18.2 Å². The summed E-state index contributed by atoms with van der Waals surface area (Å²) >= 11 is 0. The van der Waals surface area contributed by atoms with Crippen LogP contribution in [-0.2, 0) is 4.74 Å². The fourth-order valence-electron chi connectivity index (χ4n) is 1.36. The van der Waals surface area contributed by atoms with Gasteiger partial charge in [0.1, 0.15) is 12.4 Å². The first-order chi connectivity index (χ1) is 9.22. The van der Waals surface area contributed by atoms with E-state index in [2.05, 4.69) is 25.1 Å². The number of aromatic nitrogens is 4. The van der Waals surface area contributed by atoms with E-state index in [1.807, 2.05) is 0 Å². The second-order valence-corrected chi connectivity index (χ2v) is 3.42. The number of ether oxygens (including phenoxy) is 1. The predicted molar refractivity (Wildman–Crippen MR) is 60.4 cm³/mol. The average molecular weight is 264 g/mol. The van der Waals surface area contributed by atoms with Crippen molar-refractivity contribution < 1.29 is 19.0 Å². The minimum Gasteiger partial charge on any atom is -0.460 e. The number of halogens is 1. The van der Waals surface area contributed by atoms with Gasteiger partial charge in [-0.1, -0.05) is 0 Å². The van der Waals surface area contributed by atoms with Gasteiger partial charge in [-0.25, -0.2) is 9.18 Å². The fourth-order valence-corrected chi connectivity index (χ4v) is 1.36. The van der Waals surface area contributed by atoms with Crippen LogP contribution in [0.2, 0.25) is 0 Å². The highest BCUT2D eigenvalue weighted by Gasteiger charge is 2.15. The van der Waals surface area contributed by atoms with Gasteiger partial charge in [-0.2, -0.15) is 0 Å². The summed E-state index contributed by atoms with van der Waals surface area (Å²) in [5.41, 5.74) is 0.117. The van der Waals surface area contributed by atoms with Crippen molar-refractivity contribution in [1.29, 1.82) is 0 Å². The van der Waals surface area contributed by atoms with Crippen molar-refractivity contribution in [1.82, 2.24) is 20.4 Å². The Kier molecular flexibility index (Phi) is 4.04. The van der Waals surface area contributed by atoms with Gasteiger partial charge in [0.2, 0.25) is 5.82 Å². The molecular weight excluding hydrogens is 255 g/mol. The standard InChI is InChI=1S/C11H9FN4O3/c12-9-5-7(10-15-13-6-14-16-10)1-2-8(9)11(18)19-4-3-17/h1-2,5-6,17H,3-4H2. The molecule has 1 N–H and O–H groups in total. The number of benzene rings is 1. The van der Waals surface area contributed by atoms with Crippen molar-refractivity contribution in [2.75, 3.05) is 13.2 Å². The lowest BCUT2D eigenvalue weighted by molar-refractivity contribution is 0.0428. The Hall–Kier alpha value is -2.48. The molecule has 0 saturated carbocycles. The van der Waals surface area contributed by atoms with Crippen LogP contribution in [0.25, 0.3) is 11.4 Å². The summed E-state index contributed by atoms with van der Waals surface area (Å²) in [6.45, 7) is -0.504. The minimum absolute atomic E-state index is 0.150. The Labute approximate surface area is 107 Å². The summed E-state index contributed by atoms with van der Waals surface area (Å²) in [5.74, 6) is -1.46. The van der Waals surface area contributed by atoms with Crippen molar-refractivity contribution in [3.8, 4) is 11.4 Å². The average Bonchev–Trinajstić information content (AvgIpc) is 2.45. The molecule has 1 aromatic carbocycles. The normalized spacial score (nSPS) is 10.2.